The Bertz CT molecular complexity index is 1100. The number of rotatable bonds is 6. The number of ether oxygens (including phenoxy) is 2. The Morgan fingerprint density at radius 3 is 2.68 bits per heavy atom. The lowest BCUT2D eigenvalue weighted by molar-refractivity contribution is 0.167. The fourth-order valence-corrected chi connectivity index (χ4v) is 3.08. The molecule has 3 rings (SSSR count). The van der Waals surface area contributed by atoms with E-state index in [0.717, 1.165) is 0 Å². The van der Waals surface area contributed by atoms with E-state index in [-0.39, 0.29) is 34.8 Å². The molecule has 0 aliphatic heterocycles. The Balaban J connectivity index is 2.12. The summed E-state index contributed by atoms with van der Waals surface area (Å²) >= 11 is 6.02. The topological polar surface area (TPSA) is 106 Å². The fourth-order valence-electron chi connectivity index (χ4n) is 2.81. The third-order valence-corrected chi connectivity index (χ3v) is 4.51. The Hall–Kier alpha value is -3.59. The van der Waals surface area contributed by atoms with E-state index in [1.807, 2.05) is 0 Å². The highest BCUT2D eigenvalue weighted by Gasteiger charge is 2.21. The summed E-state index contributed by atoms with van der Waals surface area (Å²) in [5, 5.41) is 15.1. The zero-order chi connectivity index (χ0) is 22.5. The number of anilines is 3. The lowest BCUT2D eigenvalue weighted by Crippen LogP contribution is -2.17. The second kappa shape index (κ2) is 9.48. The van der Waals surface area contributed by atoms with Crippen LogP contribution in [-0.4, -0.2) is 34.9 Å². The van der Waals surface area contributed by atoms with Gasteiger partial charge in [-0.3, -0.25) is 5.32 Å². The first-order valence-electron chi connectivity index (χ1n) is 9.24. The highest BCUT2D eigenvalue weighted by atomic mass is 35.5. The highest BCUT2D eigenvalue weighted by molar-refractivity contribution is 6.32. The molecule has 0 aliphatic rings. The summed E-state index contributed by atoms with van der Waals surface area (Å²) in [6, 6.07) is 9.72. The first kappa shape index (κ1) is 22.1. The standard InChI is InChI=1S/C21H20ClFN4O4/c1-4-31-21(29)27-20-25-17(13-7-5-6-8-15(13)30-3)16(23)19(26-20)24-12-9-11(2)18(28)14(22)10-12/h5-10,28H,4H2,1-3H3,(H2,24,25,26,27,29). The number of phenolic OH excluding ortho intramolecular Hbond substituents is 1. The van der Waals surface area contributed by atoms with Crippen LogP contribution in [-0.2, 0) is 4.74 Å². The molecule has 2 aromatic carbocycles. The van der Waals surface area contributed by atoms with Crippen molar-refractivity contribution >= 4 is 35.1 Å². The lowest BCUT2D eigenvalue weighted by Gasteiger charge is -2.15. The van der Waals surface area contributed by atoms with Crippen molar-refractivity contribution in [1.82, 2.24) is 9.97 Å². The van der Waals surface area contributed by atoms with E-state index in [1.165, 1.54) is 13.2 Å². The van der Waals surface area contributed by atoms with Crippen LogP contribution in [0.15, 0.2) is 36.4 Å². The summed E-state index contributed by atoms with van der Waals surface area (Å²) < 4.78 is 25.6. The number of aryl methyl sites for hydroxylation is 1. The largest absolute Gasteiger partial charge is 0.506 e. The molecule has 1 heterocycles. The van der Waals surface area contributed by atoms with Gasteiger partial charge >= 0.3 is 6.09 Å². The molecule has 0 unspecified atom stereocenters. The summed E-state index contributed by atoms with van der Waals surface area (Å²) in [7, 11) is 1.45. The number of para-hydroxylation sites is 1. The van der Waals surface area contributed by atoms with E-state index in [1.54, 1.807) is 44.2 Å². The van der Waals surface area contributed by atoms with Gasteiger partial charge in [0.1, 0.15) is 17.2 Å². The first-order chi connectivity index (χ1) is 14.8. The highest BCUT2D eigenvalue weighted by Crippen LogP contribution is 2.36. The Labute approximate surface area is 183 Å². The van der Waals surface area contributed by atoms with Crippen LogP contribution in [0.25, 0.3) is 11.3 Å². The van der Waals surface area contributed by atoms with Gasteiger partial charge in [0.2, 0.25) is 5.95 Å². The van der Waals surface area contributed by atoms with E-state index >= 15 is 4.39 Å². The van der Waals surface area contributed by atoms with Gasteiger partial charge in [0.05, 0.1) is 18.7 Å². The van der Waals surface area contributed by atoms with Gasteiger partial charge in [0.25, 0.3) is 0 Å². The van der Waals surface area contributed by atoms with Crippen LogP contribution >= 0.6 is 11.6 Å². The number of hydrogen-bond acceptors (Lipinski definition) is 7. The number of nitrogens with zero attached hydrogens (tertiary/aromatic N) is 2. The van der Waals surface area contributed by atoms with Gasteiger partial charge in [0.15, 0.2) is 11.6 Å². The van der Waals surface area contributed by atoms with Crippen molar-refractivity contribution in [3.05, 3.63) is 52.8 Å². The smallest absolute Gasteiger partial charge is 0.414 e. The molecule has 10 heteroatoms. The summed E-state index contributed by atoms with van der Waals surface area (Å²) in [6.45, 7) is 3.44. The number of halogens is 2. The average Bonchev–Trinajstić information content (AvgIpc) is 2.74. The Kier molecular flexibility index (Phi) is 6.76. The number of benzene rings is 2. The molecule has 162 valence electrons. The average molecular weight is 447 g/mol. The maximum atomic E-state index is 15.4. The minimum Gasteiger partial charge on any atom is -0.506 e. The third kappa shape index (κ3) is 4.95. The second-order valence-corrected chi connectivity index (χ2v) is 6.76. The molecule has 0 saturated heterocycles. The van der Waals surface area contributed by atoms with Gasteiger partial charge in [-0.2, -0.15) is 4.98 Å². The molecule has 8 nitrogen and oxygen atoms in total. The minimum atomic E-state index is -0.783. The second-order valence-electron chi connectivity index (χ2n) is 6.35. The van der Waals surface area contributed by atoms with E-state index < -0.39 is 11.9 Å². The number of carbonyl (C=O) groups excluding carboxylic acids is 1. The summed E-state index contributed by atoms with van der Waals surface area (Å²) in [5.74, 6) is -0.860. The van der Waals surface area contributed by atoms with Gasteiger partial charge in [-0.25, -0.2) is 14.2 Å². The fraction of sp³-hybridized carbons (Fsp3) is 0.190. The SMILES string of the molecule is CCOC(=O)Nc1nc(Nc2cc(C)c(O)c(Cl)c2)c(F)c(-c2ccccc2OC)n1. The third-order valence-electron chi connectivity index (χ3n) is 4.22. The molecule has 1 amide bonds. The molecule has 0 radical (unpaired) electrons. The van der Waals surface area contributed by atoms with Crippen molar-refractivity contribution in [3.63, 3.8) is 0 Å². The van der Waals surface area contributed by atoms with Crippen LogP contribution in [0, 0.1) is 12.7 Å². The van der Waals surface area contributed by atoms with E-state index in [9.17, 15) is 9.90 Å². The Morgan fingerprint density at radius 1 is 1.26 bits per heavy atom. The number of methoxy groups -OCH3 is 1. The summed E-state index contributed by atoms with van der Waals surface area (Å²) in [5.41, 5.74) is 1.13. The zero-order valence-corrected chi connectivity index (χ0v) is 17.7. The molecular formula is C21H20ClFN4O4. The molecule has 0 atom stereocenters. The number of hydrogen-bond donors (Lipinski definition) is 3. The van der Waals surface area contributed by atoms with Crippen molar-refractivity contribution in [2.45, 2.75) is 13.8 Å². The summed E-state index contributed by atoms with van der Waals surface area (Å²) in [4.78, 5) is 20.1. The molecule has 1 aromatic heterocycles. The molecule has 0 bridgehead atoms. The van der Waals surface area contributed by atoms with E-state index in [2.05, 4.69) is 20.6 Å². The van der Waals surface area contributed by atoms with Crippen LogP contribution < -0.4 is 15.4 Å². The molecule has 3 N–H and O–H groups in total. The predicted molar refractivity (Wildman–Crippen MR) is 116 cm³/mol. The molecule has 0 spiro atoms. The van der Waals surface area contributed by atoms with Crippen molar-refractivity contribution in [2.75, 3.05) is 24.4 Å². The first-order valence-corrected chi connectivity index (χ1v) is 9.62. The number of aromatic nitrogens is 2. The number of phenols is 1. The van der Waals surface area contributed by atoms with E-state index in [4.69, 9.17) is 21.1 Å². The zero-order valence-electron chi connectivity index (χ0n) is 17.0. The summed E-state index contributed by atoms with van der Waals surface area (Å²) in [6.07, 6.45) is -0.783. The molecular weight excluding hydrogens is 427 g/mol. The molecule has 0 fully saturated rings. The monoisotopic (exact) mass is 446 g/mol. The quantitative estimate of drug-likeness (QED) is 0.443. The van der Waals surface area contributed by atoms with Crippen molar-refractivity contribution in [3.8, 4) is 22.8 Å². The molecule has 31 heavy (non-hydrogen) atoms. The van der Waals surface area contributed by atoms with Gasteiger partial charge in [-0.1, -0.05) is 23.7 Å². The van der Waals surface area contributed by atoms with Gasteiger partial charge in [-0.15, -0.1) is 0 Å². The normalized spacial score (nSPS) is 10.5. The number of aromatic hydroxyl groups is 1. The molecule has 0 aliphatic carbocycles. The minimum absolute atomic E-state index is 0.0743. The molecule has 3 aromatic rings. The van der Waals surface area contributed by atoms with Crippen molar-refractivity contribution < 1.29 is 23.8 Å². The number of amides is 1. The van der Waals surface area contributed by atoms with Crippen LogP contribution in [0.2, 0.25) is 5.02 Å². The van der Waals surface area contributed by atoms with Crippen LogP contribution in [0.5, 0.6) is 11.5 Å². The van der Waals surface area contributed by atoms with Crippen molar-refractivity contribution in [2.24, 2.45) is 0 Å². The molecule has 0 saturated carbocycles. The van der Waals surface area contributed by atoms with Gasteiger partial charge in [0, 0.05) is 11.3 Å². The van der Waals surface area contributed by atoms with Gasteiger partial charge in [-0.05, 0) is 43.7 Å². The lowest BCUT2D eigenvalue weighted by atomic mass is 10.1. The maximum absolute atomic E-state index is 15.4. The maximum Gasteiger partial charge on any atom is 0.414 e. The van der Waals surface area contributed by atoms with Crippen LogP contribution in [0.1, 0.15) is 12.5 Å². The Morgan fingerprint density at radius 2 is 2.00 bits per heavy atom. The predicted octanol–water partition coefficient (Wildman–Crippen LogP) is 5.27. The van der Waals surface area contributed by atoms with Crippen LogP contribution in [0.3, 0.4) is 0 Å². The van der Waals surface area contributed by atoms with E-state index in [0.29, 0.717) is 22.6 Å². The van der Waals surface area contributed by atoms with Crippen molar-refractivity contribution in [1.29, 1.82) is 0 Å². The van der Waals surface area contributed by atoms with Gasteiger partial charge < -0.3 is 19.9 Å². The number of nitrogens with one attached hydrogen (secondary N) is 2. The van der Waals surface area contributed by atoms with Crippen LogP contribution in [0.4, 0.5) is 26.6 Å². The number of carbonyl (C=O) groups is 1.